The molecule has 3 rings (SSSR count). The van der Waals surface area contributed by atoms with Crippen molar-refractivity contribution < 1.29 is 19.1 Å². The lowest BCUT2D eigenvalue weighted by atomic mass is 9.90. The smallest absolute Gasteiger partial charge is 0.343 e. The number of benzene rings is 1. The molecule has 4 heteroatoms. The highest BCUT2D eigenvalue weighted by Gasteiger charge is 2.28. The summed E-state index contributed by atoms with van der Waals surface area (Å²) < 4.78 is 9.71. The summed E-state index contributed by atoms with van der Waals surface area (Å²) in [5, 5.41) is 0. The number of carbonyl (C=O) groups excluding carboxylic acids is 2. The number of esters is 2. The van der Waals surface area contributed by atoms with Crippen molar-refractivity contribution in [3.8, 4) is 0 Å². The average molecular weight is 266 g/mol. The standard InChI is InChI=1S/C16H10O4/c1-9-13(7-19-15(9)17)11-5-3-4-6-12(11)14-8-20-16(18)10(14)2/h3-8H,1-2H2. The topological polar surface area (TPSA) is 52.6 Å². The Bertz CT molecular complexity index is 672. The third-order valence-corrected chi connectivity index (χ3v) is 3.22. The molecule has 0 amide bonds. The van der Waals surface area contributed by atoms with Gasteiger partial charge in [-0.05, 0) is 11.1 Å². The summed E-state index contributed by atoms with van der Waals surface area (Å²) in [4.78, 5) is 22.8. The molecule has 0 saturated heterocycles. The van der Waals surface area contributed by atoms with Crippen LogP contribution in [0.1, 0.15) is 11.1 Å². The Labute approximate surface area is 115 Å². The predicted molar refractivity (Wildman–Crippen MR) is 72.9 cm³/mol. The van der Waals surface area contributed by atoms with E-state index in [1.165, 1.54) is 12.5 Å². The van der Waals surface area contributed by atoms with E-state index in [9.17, 15) is 9.59 Å². The van der Waals surface area contributed by atoms with E-state index in [0.717, 1.165) is 11.1 Å². The average Bonchev–Trinajstić information content (AvgIpc) is 2.95. The molecule has 0 radical (unpaired) electrons. The minimum atomic E-state index is -0.471. The summed E-state index contributed by atoms with van der Waals surface area (Å²) >= 11 is 0. The highest BCUT2D eigenvalue weighted by Crippen LogP contribution is 2.37. The van der Waals surface area contributed by atoms with E-state index in [1.807, 2.05) is 24.3 Å². The zero-order valence-electron chi connectivity index (χ0n) is 10.5. The van der Waals surface area contributed by atoms with Gasteiger partial charge in [0.25, 0.3) is 0 Å². The van der Waals surface area contributed by atoms with Gasteiger partial charge in [0, 0.05) is 11.1 Å². The second kappa shape index (κ2) is 4.35. The lowest BCUT2D eigenvalue weighted by Gasteiger charge is -2.09. The maximum atomic E-state index is 11.4. The van der Waals surface area contributed by atoms with Crippen LogP contribution in [0.15, 0.2) is 61.1 Å². The van der Waals surface area contributed by atoms with Crippen LogP contribution in [-0.4, -0.2) is 11.9 Å². The molecule has 4 nitrogen and oxygen atoms in total. The molecule has 2 heterocycles. The van der Waals surface area contributed by atoms with E-state index in [2.05, 4.69) is 13.2 Å². The van der Waals surface area contributed by atoms with Gasteiger partial charge in [0.05, 0.1) is 11.1 Å². The fourth-order valence-electron chi connectivity index (χ4n) is 2.13. The van der Waals surface area contributed by atoms with E-state index < -0.39 is 11.9 Å². The molecule has 2 aliphatic rings. The van der Waals surface area contributed by atoms with Crippen molar-refractivity contribution in [1.29, 1.82) is 0 Å². The highest BCUT2D eigenvalue weighted by atomic mass is 16.5. The number of ether oxygens (including phenoxy) is 2. The quantitative estimate of drug-likeness (QED) is 0.610. The van der Waals surface area contributed by atoms with Gasteiger partial charge in [-0.3, -0.25) is 0 Å². The van der Waals surface area contributed by atoms with Crippen molar-refractivity contribution in [2.45, 2.75) is 0 Å². The number of hydrogen-bond donors (Lipinski definition) is 0. The molecular weight excluding hydrogens is 256 g/mol. The summed E-state index contributed by atoms with van der Waals surface area (Å²) in [5.41, 5.74) is 3.25. The van der Waals surface area contributed by atoms with Crippen LogP contribution in [-0.2, 0) is 19.1 Å². The first kappa shape index (κ1) is 12.2. The van der Waals surface area contributed by atoms with Gasteiger partial charge in [-0.25, -0.2) is 9.59 Å². The van der Waals surface area contributed by atoms with Crippen LogP contribution >= 0.6 is 0 Å². The Kier molecular flexibility index (Phi) is 2.64. The molecule has 0 saturated carbocycles. The maximum absolute atomic E-state index is 11.4. The second-order valence-electron chi connectivity index (χ2n) is 4.38. The molecule has 0 fully saturated rings. The minimum Gasteiger partial charge on any atom is -0.430 e. The van der Waals surface area contributed by atoms with Crippen LogP contribution in [0.2, 0.25) is 0 Å². The van der Waals surface area contributed by atoms with Gasteiger partial charge in [0.1, 0.15) is 12.5 Å². The first-order valence-corrected chi connectivity index (χ1v) is 5.90. The number of rotatable bonds is 2. The molecule has 0 unspecified atom stereocenters. The first-order chi connectivity index (χ1) is 9.59. The normalized spacial score (nSPS) is 17.8. The monoisotopic (exact) mass is 266 g/mol. The van der Waals surface area contributed by atoms with Crippen molar-refractivity contribution in [2.75, 3.05) is 0 Å². The summed E-state index contributed by atoms with van der Waals surface area (Å²) in [7, 11) is 0. The van der Waals surface area contributed by atoms with Crippen LogP contribution in [0.25, 0.3) is 11.1 Å². The number of carbonyl (C=O) groups is 2. The van der Waals surface area contributed by atoms with Gasteiger partial charge < -0.3 is 9.47 Å². The van der Waals surface area contributed by atoms with E-state index in [4.69, 9.17) is 9.47 Å². The van der Waals surface area contributed by atoms with Gasteiger partial charge in [0.2, 0.25) is 0 Å². The third kappa shape index (κ3) is 1.70. The molecule has 20 heavy (non-hydrogen) atoms. The van der Waals surface area contributed by atoms with Gasteiger partial charge >= 0.3 is 11.9 Å². The molecule has 1 aromatic carbocycles. The number of hydrogen-bond acceptors (Lipinski definition) is 4. The lowest BCUT2D eigenvalue weighted by molar-refractivity contribution is -0.132. The molecule has 0 bridgehead atoms. The molecule has 0 aliphatic carbocycles. The Morgan fingerprint density at radius 2 is 1.15 bits per heavy atom. The third-order valence-electron chi connectivity index (χ3n) is 3.22. The molecular formula is C16H10O4. The van der Waals surface area contributed by atoms with Crippen molar-refractivity contribution in [3.05, 3.63) is 72.2 Å². The Hall–Kier alpha value is -2.88. The Balaban J connectivity index is 2.11. The lowest BCUT2D eigenvalue weighted by Crippen LogP contribution is -2.00. The van der Waals surface area contributed by atoms with Gasteiger partial charge in [0.15, 0.2) is 0 Å². The largest absolute Gasteiger partial charge is 0.430 e. The van der Waals surface area contributed by atoms with Gasteiger partial charge in [-0.15, -0.1) is 0 Å². The van der Waals surface area contributed by atoms with Crippen LogP contribution in [0.3, 0.4) is 0 Å². The highest BCUT2D eigenvalue weighted by molar-refractivity contribution is 6.13. The van der Waals surface area contributed by atoms with Gasteiger partial charge in [-0.1, -0.05) is 37.4 Å². The predicted octanol–water partition coefficient (Wildman–Crippen LogP) is 2.59. The Morgan fingerprint density at radius 3 is 1.45 bits per heavy atom. The molecule has 0 atom stereocenters. The zero-order chi connectivity index (χ0) is 14.3. The second-order valence-corrected chi connectivity index (χ2v) is 4.38. The van der Waals surface area contributed by atoms with E-state index >= 15 is 0 Å². The van der Waals surface area contributed by atoms with Crippen molar-refractivity contribution >= 4 is 23.1 Å². The van der Waals surface area contributed by atoms with Crippen molar-refractivity contribution in [3.63, 3.8) is 0 Å². The molecule has 0 aromatic heterocycles. The summed E-state index contributed by atoms with van der Waals surface area (Å²) in [6.07, 6.45) is 2.73. The van der Waals surface area contributed by atoms with Crippen molar-refractivity contribution in [2.24, 2.45) is 0 Å². The van der Waals surface area contributed by atoms with Crippen LogP contribution in [0.4, 0.5) is 0 Å². The number of cyclic esters (lactones) is 2. The van der Waals surface area contributed by atoms with E-state index in [0.29, 0.717) is 11.1 Å². The van der Waals surface area contributed by atoms with Crippen LogP contribution < -0.4 is 0 Å². The maximum Gasteiger partial charge on any atom is 0.343 e. The zero-order valence-corrected chi connectivity index (χ0v) is 10.5. The Morgan fingerprint density at radius 1 is 0.750 bits per heavy atom. The molecule has 0 N–H and O–H groups in total. The summed E-state index contributed by atoms with van der Waals surface area (Å²) in [6.45, 7) is 7.42. The SMILES string of the molecule is C=C1C(=O)OC=C1c1ccccc1C1=COC(=O)C1=C. The molecule has 98 valence electrons. The molecule has 0 spiro atoms. The van der Waals surface area contributed by atoms with Crippen molar-refractivity contribution in [1.82, 2.24) is 0 Å². The van der Waals surface area contributed by atoms with E-state index in [1.54, 1.807) is 0 Å². The van der Waals surface area contributed by atoms with Crippen LogP contribution in [0, 0.1) is 0 Å². The summed E-state index contributed by atoms with van der Waals surface area (Å²) in [5.74, 6) is -0.942. The molecule has 2 aliphatic heterocycles. The molecule has 1 aromatic rings. The fourth-order valence-corrected chi connectivity index (χ4v) is 2.13. The first-order valence-electron chi connectivity index (χ1n) is 5.90. The summed E-state index contributed by atoms with van der Waals surface area (Å²) in [6, 6.07) is 7.31. The minimum absolute atomic E-state index is 0.286. The van der Waals surface area contributed by atoms with Crippen LogP contribution in [0.5, 0.6) is 0 Å². The fraction of sp³-hybridized carbons (Fsp3) is 0. The van der Waals surface area contributed by atoms with Gasteiger partial charge in [-0.2, -0.15) is 0 Å². The van der Waals surface area contributed by atoms with E-state index in [-0.39, 0.29) is 11.1 Å².